The number of nitrogens with one attached hydrogen (secondary N) is 1. The van der Waals surface area contributed by atoms with Gasteiger partial charge in [0.15, 0.2) is 0 Å². The summed E-state index contributed by atoms with van der Waals surface area (Å²) in [6.45, 7) is 5.12. The molecule has 0 saturated carbocycles. The monoisotopic (exact) mass is 489 g/mol. The van der Waals surface area contributed by atoms with Crippen LogP contribution in [0, 0.1) is 13.8 Å². The van der Waals surface area contributed by atoms with Crippen molar-refractivity contribution < 1.29 is 9.53 Å². The Bertz CT molecular complexity index is 1230. The minimum Gasteiger partial charge on any atom is -0.489 e. The van der Waals surface area contributed by atoms with Gasteiger partial charge < -0.3 is 10.1 Å². The second kappa shape index (κ2) is 9.83. The molecule has 1 amide bonds. The van der Waals surface area contributed by atoms with E-state index in [1.807, 2.05) is 67.7 Å². The second-order valence-corrected chi connectivity index (χ2v) is 8.68. The van der Waals surface area contributed by atoms with Gasteiger partial charge >= 0.3 is 0 Å². The SMILES string of the molecule is Cc1ccc(OCc2cccc(C(=O)Nc3cnn(Cc4ccc(Br)cc4)c3)c2)c(C)c1. The maximum Gasteiger partial charge on any atom is 0.255 e. The van der Waals surface area contributed by atoms with Gasteiger partial charge in [-0.25, -0.2) is 0 Å². The van der Waals surface area contributed by atoms with Gasteiger partial charge in [-0.05, 0) is 60.9 Å². The van der Waals surface area contributed by atoms with Gasteiger partial charge in [0.05, 0.1) is 18.4 Å². The summed E-state index contributed by atoms with van der Waals surface area (Å²) in [4.78, 5) is 12.7. The zero-order valence-electron chi connectivity index (χ0n) is 18.0. The summed E-state index contributed by atoms with van der Waals surface area (Å²) in [5.74, 6) is 0.671. The maximum absolute atomic E-state index is 12.7. The Morgan fingerprint density at radius 3 is 2.62 bits per heavy atom. The quantitative estimate of drug-likeness (QED) is 0.339. The van der Waals surface area contributed by atoms with Gasteiger partial charge in [0.1, 0.15) is 12.4 Å². The average molecular weight is 490 g/mol. The highest BCUT2D eigenvalue weighted by molar-refractivity contribution is 9.10. The van der Waals surface area contributed by atoms with Crippen molar-refractivity contribution in [3.05, 3.63) is 111 Å². The smallest absolute Gasteiger partial charge is 0.255 e. The van der Waals surface area contributed by atoms with Crippen LogP contribution in [0.4, 0.5) is 5.69 Å². The van der Waals surface area contributed by atoms with Gasteiger partial charge in [0.25, 0.3) is 5.91 Å². The topological polar surface area (TPSA) is 56.1 Å². The number of carbonyl (C=O) groups excluding carboxylic acids is 1. The van der Waals surface area contributed by atoms with Gasteiger partial charge in [-0.3, -0.25) is 9.48 Å². The standard InChI is InChI=1S/C26H24BrN3O2/c1-18-6-11-25(19(2)12-18)32-17-21-4-3-5-22(13-21)26(31)29-24-14-28-30(16-24)15-20-7-9-23(27)10-8-20/h3-14,16H,15,17H2,1-2H3,(H,29,31). The predicted molar refractivity (Wildman–Crippen MR) is 130 cm³/mol. The van der Waals surface area contributed by atoms with Crippen molar-refractivity contribution in [2.75, 3.05) is 5.32 Å². The van der Waals surface area contributed by atoms with Crippen LogP contribution in [0.2, 0.25) is 0 Å². The van der Waals surface area contributed by atoms with Crippen molar-refractivity contribution in [1.29, 1.82) is 0 Å². The summed E-state index contributed by atoms with van der Waals surface area (Å²) in [6, 6.07) is 21.6. The van der Waals surface area contributed by atoms with Gasteiger partial charge in [-0.15, -0.1) is 0 Å². The van der Waals surface area contributed by atoms with Crippen molar-refractivity contribution >= 4 is 27.5 Å². The zero-order valence-corrected chi connectivity index (χ0v) is 19.6. The molecule has 0 aliphatic carbocycles. The van der Waals surface area contributed by atoms with Crippen LogP contribution >= 0.6 is 15.9 Å². The molecule has 1 N–H and O–H groups in total. The Hall–Kier alpha value is -3.38. The molecule has 0 aliphatic heterocycles. The summed E-state index contributed by atoms with van der Waals surface area (Å²) < 4.78 is 8.79. The third-order valence-corrected chi connectivity index (χ3v) is 5.59. The second-order valence-electron chi connectivity index (χ2n) is 7.77. The van der Waals surface area contributed by atoms with E-state index in [9.17, 15) is 4.79 Å². The van der Waals surface area contributed by atoms with E-state index >= 15 is 0 Å². The van der Waals surface area contributed by atoms with E-state index in [1.54, 1.807) is 16.9 Å². The highest BCUT2D eigenvalue weighted by Crippen LogP contribution is 2.20. The highest BCUT2D eigenvalue weighted by Gasteiger charge is 2.09. The first kappa shape index (κ1) is 21.8. The van der Waals surface area contributed by atoms with E-state index < -0.39 is 0 Å². The van der Waals surface area contributed by atoms with Crippen molar-refractivity contribution in [1.82, 2.24) is 9.78 Å². The summed E-state index contributed by atoms with van der Waals surface area (Å²) in [5, 5.41) is 7.27. The van der Waals surface area contributed by atoms with E-state index in [4.69, 9.17) is 4.74 Å². The first-order valence-corrected chi connectivity index (χ1v) is 11.1. The van der Waals surface area contributed by atoms with Crippen LogP contribution in [-0.4, -0.2) is 15.7 Å². The van der Waals surface area contributed by atoms with Crippen molar-refractivity contribution in [3.63, 3.8) is 0 Å². The zero-order chi connectivity index (χ0) is 22.5. The third-order valence-electron chi connectivity index (χ3n) is 5.06. The molecule has 0 atom stereocenters. The molecule has 0 spiro atoms. The molecule has 0 unspecified atom stereocenters. The number of amides is 1. The van der Waals surface area contributed by atoms with Crippen LogP contribution < -0.4 is 10.1 Å². The molecule has 1 heterocycles. The molecule has 3 aromatic carbocycles. The fourth-order valence-electron chi connectivity index (χ4n) is 3.42. The molecule has 4 aromatic rings. The summed E-state index contributed by atoms with van der Waals surface area (Å²) in [5.41, 5.74) is 5.60. The van der Waals surface area contributed by atoms with E-state index in [0.717, 1.165) is 26.9 Å². The van der Waals surface area contributed by atoms with E-state index in [2.05, 4.69) is 39.3 Å². The molecule has 162 valence electrons. The lowest BCUT2D eigenvalue weighted by Gasteiger charge is -2.11. The number of carbonyl (C=O) groups is 1. The Morgan fingerprint density at radius 2 is 1.84 bits per heavy atom. The number of halogens is 1. The summed E-state index contributed by atoms with van der Waals surface area (Å²) in [7, 11) is 0. The van der Waals surface area contributed by atoms with E-state index in [-0.39, 0.29) is 5.91 Å². The molecular weight excluding hydrogens is 466 g/mol. The van der Waals surface area contributed by atoms with Gasteiger partial charge in [-0.1, -0.05) is 57.9 Å². The molecule has 6 heteroatoms. The molecule has 0 fully saturated rings. The number of rotatable bonds is 7. The number of ether oxygens (including phenoxy) is 1. The van der Waals surface area contributed by atoms with Crippen LogP contribution in [0.25, 0.3) is 0 Å². The highest BCUT2D eigenvalue weighted by atomic mass is 79.9. The molecular formula is C26H24BrN3O2. The van der Waals surface area contributed by atoms with Crippen LogP contribution in [0.1, 0.15) is 32.6 Å². The van der Waals surface area contributed by atoms with Crippen LogP contribution in [-0.2, 0) is 13.2 Å². The number of hydrogen-bond donors (Lipinski definition) is 1. The first-order chi connectivity index (χ1) is 15.5. The van der Waals surface area contributed by atoms with Crippen molar-refractivity contribution in [2.24, 2.45) is 0 Å². The average Bonchev–Trinajstić information content (AvgIpc) is 3.21. The molecule has 0 bridgehead atoms. The number of hydrogen-bond acceptors (Lipinski definition) is 3. The Morgan fingerprint density at radius 1 is 1.03 bits per heavy atom. The van der Waals surface area contributed by atoms with Crippen molar-refractivity contribution in [2.45, 2.75) is 27.0 Å². The normalized spacial score (nSPS) is 10.7. The van der Waals surface area contributed by atoms with Gasteiger partial charge in [-0.2, -0.15) is 5.10 Å². The number of nitrogens with zero attached hydrogens (tertiary/aromatic N) is 2. The molecule has 0 radical (unpaired) electrons. The molecule has 0 saturated heterocycles. The van der Waals surface area contributed by atoms with Crippen LogP contribution in [0.15, 0.2) is 83.6 Å². The summed E-state index contributed by atoms with van der Waals surface area (Å²) in [6.07, 6.45) is 3.48. The fourth-order valence-corrected chi connectivity index (χ4v) is 3.68. The third kappa shape index (κ3) is 5.65. The molecule has 4 rings (SSSR count). The number of aromatic nitrogens is 2. The number of anilines is 1. The Labute approximate surface area is 196 Å². The molecule has 5 nitrogen and oxygen atoms in total. The van der Waals surface area contributed by atoms with Crippen molar-refractivity contribution in [3.8, 4) is 5.75 Å². The van der Waals surface area contributed by atoms with Crippen LogP contribution in [0.3, 0.4) is 0 Å². The molecule has 1 aromatic heterocycles. The first-order valence-electron chi connectivity index (χ1n) is 10.3. The lowest BCUT2D eigenvalue weighted by atomic mass is 10.1. The lowest BCUT2D eigenvalue weighted by molar-refractivity contribution is 0.102. The largest absolute Gasteiger partial charge is 0.489 e. The number of benzene rings is 3. The predicted octanol–water partition coefficient (Wildman–Crippen LogP) is 6.14. The van der Waals surface area contributed by atoms with E-state index in [0.29, 0.717) is 24.4 Å². The van der Waals surface area contributed by atoms with Crippen LogP contribution in [0.5, 0.6) is 5.75 Å². The Kier molecular flexibility index (Phi) is 6.71. The minimum atomic E-state index is -0.179. The van der Waals surface area contributed by atoms with Gasteiger partial charge in [0, 0.05) is 16.2 Å². The summed E-state index contributed by atoms with van der Waals surface area (Å²) >= 11 is 3.44. The molecule has 0 aliphatic rings. The fraction of sp³-hybridized carbons (Fsp3) is 0.154. The van der Waals surface area contributed by atoms with E-state index in [1.165, 1.54) is 5.56 Å². The lowest BCUT2D eigenvalue weighted by Crippen LogP contribution is -2.12. The van der Waals surface area contributed by atoms with Gasteiger partial charge in [0.2, 0.25) is 0 Å². The molecule has 32 heavy (non-hydrogen) atoms. The maximum atomic E-state index is 12.7. The minimum absolute atomic E-state index is 0.179. The Balaban J connectivity index is 1.37. The number of aryl methyl sites for hydroxylation is 2.